The van der Waals surface area contributed by atoms with Gasteiger partial charge in [0.25, 0.3) is 0 Å². The molecule has 1 aliphatic heterocycles. The zero-order valence-electron chi connectivity index (χ0n) is 23.7. The van der Waals surface area contributed by atoms with Crippen molar-refractivity contribution >= 4 is 16.0 Å². The molecule has 1 saturated heterocycles. The molecule has 0 radical (unpaired) electrons. The lowest BCUT2D eigenvalue weighted by molar-refractivity contribution is -0.139. The zero-order valence-corrected chi connectivity index (χ0v) is 24.5. The summed E-state index contributed by atoms with van der Waals surface area (Å²) in [4.78, 5) is 11.2. The molecule has 1 aliphatic rings. The molecule has 1 aromatic heterocycles. The van der Waals surface area contributed by atoms with Gasteiger partial charge >= 0.3 is 5.97 Å². The number of aromatic nitrogens is 1. The smallest absolute Gasteiger partial charge is 0.305 e. The van der Waals surface area contributed by atoms with Crippen molar-refractivity contribution < 1.29 is 32.9 Å². The number of carboxylic acid groups (broad SMARTS) is 1. The number of benzene rings is 2. The summed E-state index contributed by atoms with van der Waals surface area (Å²) in [6.45, 7) is 6.39. The summed E-state index contributed by atoms with van der Waals surface area (Å²) < 4.78 is 46.5. The molecule has 10 heteroatoms. The van der Waals surface area contributed by atoms with Gasteiger partial charge in [-0.15, -0.1) is 0 Å². The van der Waals surface area contributed by atoms with E-state index in [1.165, 1.54) is 12.1 Å². The number of carboxylic acids is 1. The first-order valence-corrected chi connectivity index (χ1v) is 15.5. The predicted octanol–water partition coefficient (Wildman–Crippen LogP) is 5.23. The molecular formula is C31H39FN2O6S. The molecule has 0 spiro atoms. The second-order valence-corrected chi connectivity index (χ2v) is 13.0. The molecule has 0 saturated carbocycles. The van der Waals surface area contributed by atoms with Gasteiger partial charge in [-0.25, -0.2) is 12.8 Å². The molecule has 2 aromatic carbocycles. The Hall–Kier alpha value is -3.05. The number of aliphatic carboxylic acids is 1. The van der Waals surface area contributed by atoms with Gasteiger partial charge in [-0.3, -0.25) is 4.79 Å². The number of carbonyl (C=O) groups is 1. The Balaban J connectivity index is 1.96. The van der Waals surface area contributed by atoms with Crippen LogP contribution < -0.4 is 0 Å². The molecule has 0 bridgehead atoms. The minimum absolute atomic E-state index is 0.127. The van der Waals surface area contributed by atoms with Gasteiger partial charge in [0.1, 0.15) is 10.7 Å². The second kappa shape index (κ2) is 12.9. The molecule has 41 heavy (non-hydrogen) atoms. The van der Waals surface area contributed by atoms with Gasteiger partial charge in [-0.05, 0) is 73.9 Å². The normalized spacial score (nSPS) is 17.7. The van der Waals surface area contributed by atoms with Crippen LogP contribution in [0.5, 0.6) is 0 Å². The van der Waals surface area contributed by atoms with E-state index >= 15 is 0 Å². The van der Waals surface area contributed by atoms with Crippen molar-refractivity contribution in [2.45, 2.75) is 88.5 Å². The first kappa shape index (κ1) is 30.9. The van der Waals surface area contributed by atoms with Gasteiger partial charge in [-0.2, -0.15) is 4.31 Å². The second-order valence-electron chi connectivity index (χ2n) is 11.2. The standard InChI is InChI=1S/C31H39FN2O6S/c1-20(2)29-31(41(39,40)34-16-7-8-21(34)3)28(22-9-5-4-6-10-22)30(23-11-13-24(32)14-12-23)33(29)17-15-25(35)18-26(36)19-27(37)38/h4-6,9-14,20-21,25-26,35-36H,7-8,15-19H2,1-3H3,(H,37,38)/t21?,25-,26-/m1/s1. The van der Waals surface area contributed by atoms with Crippen LogP contribution in [0.2, 0.25) is 0 Å². The first-order chi connectivity index (χ1) is 19.4. The number of hydrogen-bond donors (Lipinski definition) is 3. The first-order valence-electron chi connectivity index (χ1n) is 14.1. The van der Waals surface area contributed by atoms with Crippen LogP contribution in [0.1, 0.15) is 64.5 Å². The third kappa shape index (κ3) is 6.72. The highest BCUT2D eigenvalue weighted by Gasteiger charge is 2.40. The highest BCUT2D eigenvalue weighted by molar-refractivity contribution is 7.89. The molecule has 4 rings (SSSR count). The Morgan fingerprint density at radius 2 is 1.68 bits per heavy atom. The summed E-state index contributed by atoms with van der Waals surface area (Å²) in [5.74, 6) is -1.81. The van der Waals surface area contributed by atoms with Crippen LogP contribution in [0.15, 0.2) is 59.5 Å². The number of rotatable bonds is 12. The summed E-state index contributed by atoms with van der Waals surface area (Å²) in [7, 11) is -3.96. The van der Waals surface area contributed by atoms with Crippen LogP contribution in [-0.2, 0) is 21.4 Å². The average molecular weight is 587 g/mol. The maximum Gasteiger partial charge on any atom is 0.305 e. The molecule has 3 N–H and O–H groups in total. The topological polar surface area (TPSA) is 120 Å². The predicted molar refractivity (Wildman–Crippen MR) is 155 cm³/mol. The summed E-state index contributed by atoms with van der Waals surface area (Å²) in [6.07, 6.45) is -1.15. The van der Waals surface area contributed by atoms with Gasteiger partial charge in [-0.1, -0.05) is 44.2 Å². The molecule has 2 heterocycles. The Kier molecular flexibility index (Phi) is 9.69. The molecule has 0 amide bonds. The van der Waals surface area contributed by atoms with E-state index in [1.54, 1.807) is 16.4 Å². The summed E-state index contributed by atoms with van der Waals surface area (Å²) >= 11 is 0. The van der Waals surface area contributed by atoms with E-state index in [4.69, 9.17) is 5.11 Å². The zero-order chi connectivity index (χ0) is 29.9. The fraction of sp³-hybridized carbons (Fsp3) is 0.452. The van der Waals surface area contributed by atoms with Gasteiger partial charge in [0.05, 0.1) is 24.3 Å². The van der Waals surface area contributed by atoms with Crippen molar-refractivity contribution in [2.24, 2.45) is 0 Å². The lowest BCUT2D eigenvalue weighted by atomic mass is 10.0. The molecule has 3 aromatic rings. The molecule has 0 aliphatic carbocycles. The minimum atomic E-state index is -3.96. The van der Waals surface area contributed by atoms with Crippen molar-refractivity contribution in [1.29, 1.82) is 0 Å². The molecule has 3 atom stereocenters. The van der Waals surface area contributed by atoms with Crippen molar-refractivity contribution in [2.75, 3.05) is 6.54 Å². The number of hydrogen-bond acceptors (Lipinski definition) is 5. The van der Waals surface area contributed by atoms with Gasteiger partial charge in [0, 0.05) is 30.4 Å². The molecule has 1 fully saturated rings. The number of aliphatic hydroxyl groups is 2. The highest BCUT2D eigenvalue weighted by atomic mass is 32.2. The Morgan fingerprint density at radius 1 is 1.02 bits per heavy atom. The van der Waals surface area contributed by atoms with Crippen molar-refractivity contribution in [1.82, 2.24) is 8.87 Å². The van der Waals surface area contributed by atoms with Gasteiger partial charge < -0.3 is 19.9 Å². The van der Waals surface area contributed by atoms with Crippen LogP contribution in [0.4, 0.5) is 4.39 Å². The Morgan fingerprint density at radius 3 is 2.24 bits per heavy atom. The van der Waals surface area contributed by atoms with E-state index in [0.29, 0.717) is 34.6 Å². The van der Waals surface area contributed by atoms with Crippen LogP contribution in [0, 0.1) is 5.82 Å². The Labute approximate surface area is 241 Å². The Bertz CT molecular complexity index is 1450. The SMILES string of the molecule is CC(C)c1c(S(=O)(=O)N2CCCC2C)c(-c2ccccc2)c(-c2ccc(F)cc2)n1CC[C@@H](O)C[C@@H](O)CC(=O)O. The summed E-state index contributed by atoms with van der Waals surface area (Å²) in [6, 6.07) is 15.0. The molecular weight excluding hydrogens is 547 g/mol. The van der Waals surface area contributed by atoms with Crippen molar-refractivity contribution in [3.63, 3.8) is 0 Å². The third-order valence-corrected chi connectivity index (χ3v) is 9.77. The fourth-order valence-electron chi connectivity index (χ4n) is 5.84. The molecule has 1 unspecified atom stereocenters. The lowest BCUT2D eigenvalue weighted by Gasteiger charge is -2.24. The fourth-order valence-corrected chi connectivity index (χ4v) is 8.10. The van der Waals surface area contributed by atoms with E-state index in [-0.39, 0.29) is 36.2 Å². The van der Waals surface area contributed by atoms with E-state index in [0.717, 1.165) is 12.8 Å². The quantitative estimate of drug-likeness (QED) is 0.267. The van der Waals surface area contributed by atoms with Gasteiger partial charge in [0.15, 0.2) is 0 Å². The van der Waals surface area contributed by atoms with Gasteiger partial charge in [0.2, 0.25) is 10.0 Å². The van der Waals surface area contributed by atoms with E-state index < -0.39 is 40.4 Å². The number of halogens is 1. The monoisotopic (exact) mass is 586 g/mol. The van der Waals surface area contributed by atoms with Crippen LogP contribution in [0.25, 0.3) is 22.4 Å². The van der Waals surface area contributed by atoms with Crippen LogP contribution in [0.3, 0.4) is 0 Å². The maximum absolute atomic E-state index is 14.5. The summed E-state index contributed by atoms with van der Waals surface area (Å²) in [5, 5.41) is 29.8. The highest BCUT2D eigenvalue weighted by Crippen LogP contribution is 2.46. The van der Waals surface area contributed by atoms with Crippen LogP contribution in [-0.4, -0.2) is 63.4 Å². The lowest BCUT2D eigenvalue weighted by Crippen LogP contribution is -2.34. The largest absolute Gasteiger partial charge is 0.481 e. The third-order valence-electron chi connectivity index (χ3n) is 7.68. The number of aliphatic hydroxyl groups excluding tert-OH is 2. The van der Waals surface area contributed by atoms with Crippen molar-refractivity contribution in [3.8, 4) is 22.4 Å². The average Bonchev–Trinajstić information content (AvgIpc) is 3.50. The van der Waals surface area contributed by atoms with E-state index in [1.807, 2.05) is 55.7 Å². The van der Waals surface area contributed by atoms with E-state index in [9.17, 15) is 27.8 Å². The maximum atomic E-state index is 14.5. The number of sulfonamides is 1. The molecule has 222 valence electrons. The summed E-state index contributed by atoms with van der Waals surface area (Å²) in [5.41, 5.74) is 3.04. The molecule has 8 nitrogen and oxygen atoms in total. The van der Waals surface area contributed by atoms with Crippen LogP contribution >= 0.6 is 0 Å². The van der Waals surface area contributed by atoms with Crippen molar-refractivity contribution in [3.05, 3.63) is 66.1 Å². The minimum Gasteiger partial charge on any atom is -0.481 e. The number of nitrogens with zero attached hydrogens (tertiary/aromatic N) is 2. The van der Waals surface area contributed by atoms with E-state index in [2.05, 4.69) is 0 Å².